The van der Waals surface area contributed by atoms with Crippen LogP contribution in [0.2, 0.25) is 0 Å². The molecular weight excluding hydrogens is 732 g/mol. The average Bonchev–Trinajstić information content (AvgIpc) is 3.49. The van der Waals surface area contributed by atoms with Gasteiger partial charge in [-0.15, -0.1) is 0 Å². The summed E-state index contributed by atoms with van der Waals surface area (Å²) < 4.78 is 0. The number of aliphatic hydroxyl groups is 4. The van der Waals surface area contributed by atoms with Gasteiger partial charge in [0.2, 0.25) is 5.91 Å². The van der Waals surface area contributed by atoms with E-state index < -0.39 is 62.7 Å². The summed E-state index contributed by atoms with van der Waals surface area (Å²) in [6.45, 7) is 5.17. The van der Waals surface area contributed by atoms with Crippen LogP contribution in [-0.4, -0.2) is 163 Å². The number of nitrogens with zero attached hydrogens (tertiary/aromatic N) is 3. The lowest BCUT2D eigenvalue weighted by atomic mass is 9.43. The van der Waals surface area contributed by atoms with E-state index in [1.54, 1.807) is 0 Å². The Morgan fingerprint density at radius 2 is 1.45 bits per heavy atom. The SMILES string of the molecule is CC(CCC(=O)O)C1CCC2C3C(O)CC4CC(NC(=O)CCC(COO)N(CCN(CO)CO)CCN(CC(=O)O)CC(=O)O)CCC4(C)C3CC(O)C12C. The number of carbonyl (C=O) groups excluding carboxylic acids is 1. The van der Waals surface area contributed by atoms with Crippen molar-refractivity contribution in [1.82, 2.24) is 20.0 Å². The van der Waals surface area contributed by atoms with Crippen LogP contribution in [0.25, 0.3) is 0 Å². The van der Waals surface area contributed by atoms with Gasteiger partial charge in [-0.05, 0) is 104 Å². The van der Waals surface area contributed by atoms with Crippen LogP contribution >= 0.6 is 0 Å². The largest absolute Gasteiger partial charge is 0.481 e. The number of hydrogen-bond acceptors (Lipinski definition) is 13. The first kappa shape index (κ1) is 46.2. The molecule has 0 saturated heterocycles. The van der Waals surface area contributed by atoms with Crippen LogP contribution in [0.3, 0.4) is 0 Å². The molecule has 4 aliphatic rings. The van der Waals surface area contributed by atoms with Crippen LogP contribution in [0.4, 0.5) is 0 Å². The minimum atomic E-state index is -1.19. The summed E-state index contributed by atoms with van der Waals surface area (Å²) in [7, 11) is 0. The Labute approximate surface area is 329 Å². The number of rotatable bonds is 23. The Balaban J connectivity index is 1.38. The molecule has 0 aromatic heterocycles. The predicted molar refractivity (Wildman–Crippen MR) is 202 cm³/mol. The number of hydrogen-bond donors (Lipinski definition) is 9. The monoisotopic (exact) mass is 800 g/mol. The van der Waals surface area contributed by atoms with E-state index in [-0.39, 0.29) is 110 Å². The van der Waals surface area contributed by atoms with Crippen molar-refractivity contribution in [2.24, 2.45) is 46.3 Å². The van der Waals surface area contributed by atoms with E-state index in [0.29, 0.717) is 25.7 Å². The summed E-state index contributed by atoms with van der Waals surface area (Å²) in [4.78, 5) is 56.4. The molecule has 17 nitrogen and oxygen atoms in total. The van der Waals surface area contributed by atoms with Crippen LogP contribution in [0.15, 0.2) is 0 Å². The summed E-state index contributed by atoms with van der Waals surface area (Å²) in [5.41, 5.74) is -0.493. The normalized spacial score (nSPS) is 33.8. The molecule has 4 fully saturated rings. The zero-order valence-corrected chi connectivity index (χ0v) is 33.4. The fourth-order valence-electron chi connectivity index (χ4n) is 11.7. The number of aliphatic hydroxyl groups excluding tert-OH is 4. The zero-order valence-electron chi connectivity index (χ0n) is 33.4. The first-order valence-electron chi connectivity index (χ1n) is 20.5. The topological polar surface area (TPSA) is 261 Å². The van der Waals surface area contributed by atoms with Crippen molar-refractivity contribution in [3.05, 3.63) is 0 Å². The van der Waals surface area contributed by atoms with Crippen molar-refractivity contribution < 1.29 is 65.1 Å². The standard InChI is InChI=1S/C39H68N4O13/c1-24(4-9-34(49)50)28-6-7-29-37-30(18-32(47)39(28,29)3)38(2)11-10-26(16-25(38)17-31(37)46)40-33(48)8-5-27(21-56-55)43(15-13-42(22-44)23-45)14-12-41(19-35(51)52)20-36(53)54/h24-32,37,44-47,55H,4-23H2,1-3H3,(H,40,48)(H,49,50)(H,51,52)(H,53,54). The molecule has 12 unspecified atom stereocenters. The zero-order chi connectivity index (χ0) is 41.4. The lowest BCUT2D eigenvalue weighted by Crippen LogP contribution is -2.63. The minimum Gasteiger partial charge on any atom is -0.481 e. The Kier molecular flexibility index (Phi) is 16.9. The summed E-state index contributed by atoms with van der Waals surface area (Å²) in [6.07, 6.45) is 5.28. The van der Waals surface area contributed by atoms with E-state index in [2.05, 4.69) is 31.0 Å². The lowest BCUT2D eigenvalue weighted by Gasteiger charge is -2.63. The highest BCUT2D eigenvalue weighted by Gasteiger charge is 2.65. The number of aliphatic carboxylic acids is 3. The van der Waals surface area contributed by atoms with E-state index in [4.69, 9.17) is 0 Å². The molecule has 0 aromatic rings. The molecule has 0 spiro atoms. The lowest BCUT2D eigenvalue weighted by molar-refractivity contribution is -0.252. The highest BCUT2D eigenvalue weighted by atomic mass is 17.1. The highest BCUT2D eigenvalue weighted by Crippen LogP contribution is 2.68. The molecule has 12 atom stereocenters. The molecule has 56 heavy (non-hydrogen) atoms. The first-order chi connectivity index (χ1) is 26.5. The number of carboxylic acid groups (broad SMARTS) is 3. The van der Waals surface area contributed by atoms with Gasteiger partial charge in [0, 0.05) is 51.1 Å². The summed E-state index contributed by atoms with van der Waals surface area (Å²) >= 11 is 0. The third-order valence-corrected chi connectivity index (χ3v) is 14.7. The van der Waals surface area contributed by atoms with Crippen LogP contribution in [0, 0.1) is 46.3 Å². The fourth-order valence-corrected chi connectivity index (χ4v) is 11.7. The summed E-state index contributed by atoms with van der Waals surface area (Å²) in [5.74, 6) is -2.54. The number of nitrogens with one attached hydrogen (secondary N) is 1. The quantitative estimate of drug-likeness (QED) is 0.0399. The smallest absolute Gasteiger partial charge is 0.317 e. The number of carboxylic acids is 3. The van der Waals surface area contributed by atoms with E-state index in [1.165, 1.54) is 9.80 Å². The van der Waals surface area contributed by atoms with Gasteiger partial charge < -0.3 is 41.1 Å². The van der Waals surface area contributed by atoms with Crippen molar-refractivity contribution in [3.8, 4) is 0 Å². The summed E-state index contributed by atoms with van der Waals surface area (Å²) in [5, 5.41) is 83.3. The van der Waals surface area contributed by atoms with Crippen LogP contribution in [-0.2, 0) is 24.1 Å². The highest BCUT2D eigenvalue weighted by molar-refractivity contribution is 5.76. The van der Waals surface area contributed by atoms with Crippen LogP contribution in [0.1, 0.15) is 91.4 Å². The second kappa shape index (κ2) is 20.5. The number of fused-ring (bicyclic) bond motifs is 5. The molecule has 4 rings (SSSR count). The maximum atomic E-state index is 13.5. The first-order valence-corrected chi connectivity index (χ1v) is 20.5. The van der Waals surface area contributed by atoms with Gasteiger partial charge in [0.1, 0.15) is 0 Å². The summed E-state index contributed by atoms with van der Waals surface area (Å²) in [6, 6.07) is -0.652. The Hall–Kier alpha value is -2.48. The molecule has 0 aromatic carbocycles. The molecule has 0 aliphatic heterocycles. The maximum absolute atomic E-state index is 13.5. The second-order valence-corrected chi connectivity index (χ2v) is 17.7. The van der Waals surface area contributed by atoms with E-state index in [0.717, 1.165) is 25.7 Å². The van der Waals surface area contributed by atoms with Gasteiger partial charge in [0.05, 0.1) is 45.4 Å². The van der Waals surface area contributed by atoms with Crippen molar-refractivity contribution in [1.29, 1.82) is 0 Å². The van der Waals surface area contributed by atoms with Crippen molar-refractivity contribution in [2.75, 3.05) is 59.3 Å². The maximum Gasteiger partial charge on any atom is 0.317 e. The van der Waals surface area contributed by atoms with E-state index >= 15 is 0 Å². The molecule has 0 bridgehead atoms. The van der Waals surface area contributed by atoms with Gasteiger partial charge in [-0.2, -0.15) is 0 Å². The van der Waals surface area contributed by atoms with E-state index in [1.807, 2.05) is 4.90 Å². The minimum absolute atomic E-state index is 0.0461. The molecule has 4 saturated carbocycles. The fraction of sp³-hybridized carbons (Fsp3) is 0.897. The van der Waals surface area contributed by atoms with Crippen molar-refractivity contribution >= 4 is 23.8 Å². The third kappa shape index (κ3) is 11.0. The molecule has 4 aliphatic carbocycles. The number of carbonyl (C=O) groups is 4. The molecular formula is C39H68N4O13. The predicted octanol–water partition coefficient (Wildman–Crippen LogP) is 1.19. The van der Waals surface area contributed by atoms with Gasteiger partial charge in [-0.1, -0.05) is 20.8 Å². The second-order valence-electron chi connectivity index (χ2n) is 17.7. The van der Waals surface area contributed by atoms with Crippen molar-refractivity contribution in [3.63, 3.8) is 0 Å². The molecule has 322 valence electrons. The molecule has 1 amide bonds. The third-order valence-electron chi connectivity index (χ3n) is 14.7. The molecule has 0 radical (unpaired) electrons. The van der Waals surface area contributed by atoms with E-state index in [9.17, 15) is 60.2 Å². The van der Waals surface area contributed by atoms with Crippen LogP contribution < -0.4 is 5.32 Å². The Morgan fingerprint density at radius 1 is 0.804 bits per heavy atom. The average molecular weight is 801 g/mol. The van der Waals surface area contributed by atoms with Crippen LogP contribution in [0.5, 0.6) is 0 Å². The van der Waals surface area contributed by atoms with Gasteiger partial charge in [0.25, 0.3) is 0 Å². The Bertz CT molecular complexity index is 1310. The van der Waals surface area contributed by atoms with Gasteiger partial charge in [-0.25, -0.2) is 4.89 Å². The van der Waals surface area contributed by atoms with Gasteiger partial charge in [-0.3, -0.25) is 39.1 Å². The molecule has 9 N–H and O–H groups in total. The molecule has 17 heteroatoms. The number of amides is 1. The van der Waals surface area contributed by atoms with Crippen molar-refractivity contribution in [2.45, 2.75) is 116 Å². The molecule has 0 heterocycles. The Morgan fingerprint density at radius 3 is 2.04 bits per heavy atom. The van der Waals surface area contributed by atoms with Gasteiger partial charge >= 0.3 is 17.9 Å². The van der Waals surface area contributed by atoms with Gasteiger partial charge in [0.15, 0.2) is 0 Å².